The smallest absolute Gasteiger partial charge is 0.251 e. The van der Waals surface area contributed by atoms with Crippen LogP contribution in [-0.4, -0.2) is 30.8 Å². The second kappa shape index (κ2) is 9.23. The highest BCUT2D eigenvalue weighted by Gasteiger charge is 2.24. The third kappa shape index (κ3) is 4.77. The van der Waals surface area contributed by atoms with Crippen LogP contribution < -0.4 is 10.0 Å². The van der Waals surface area contributed by atoms with Crippen LogP contribution in [0.4, 0.5) is 0 Å². The summed E-state index contributed by atoms with van der Waals surface area (Å²) in [4.78, 5) is 20.9. The number of hydrogen-bond acceptors (Lipinski definition) is 4. The fraction of sp³-hybridized carbons (Fsp3) is 0.273. The molecule has 0 aliphatic carbocycles. The zero-order valence-electron chi connectivity index (χ0n) is 17.1. The number of nitrogens with one attached hydrogen (secondary N) is 3. The van der Waals surface area contributed by atoms with E-state index < -0.39 is 10.0 Å². The maximum Gasteiger partial charge on any atom is 0.251 e. The van der Waals surface area contributed by atoms with Gasteiger partial charge in [-0.1, -0.05) is 38.5 Å². The third-order valence-electron chi connectivity index (χ3n) is 5.05. The Morgan fingerprint density at radius 3 is 2.53 bits per heavy atom. The van der Waals surface area contributed by atoms with Gasteiger partial charge in [0.05, 0.1) is 22.0 Å². The highest BCUT2D eigenvalue weighted by molar-refractivity contribution is 7.89. The maximum atomic E-state index is 12.9. The summed E-state index contributed by atoms with van der Waals surface area (Å²) < 4.78 is 26.8. The van der Waals surface area contributed by atoms with Crippen LogP contribution in [0.15, 0.2) is 66.1 Å². The largest absolute Gasteiger partial charge is 0.342 e. The number of hydrogen-bond donors (Lipinski definition) is 3. The molecule has 3 aromatic rings. The van der Waals surface area contributed by atoms with Gasteiger partial charge < -0.3 is 10.3 Å². The van der Waals surface area contributed by atoms with Crippen molar-refractivity contribution in [3.8, 4) is 0 Å². The summed E-state index contributed by atoms with van der Waals surface area (Å²) in [5, 5.41) is 3.04. The molecule has 0 radical (unpaired) electrons. The SMILES string of the molecule is C=CCNS(=O)(=O)c1ccc(C(=O)NC(c2nc3ccccc3[nH]2)C(C)CC)cc1. The minimum Gasteiger partial charge on any atom is -0.342 e. The van der Waals surface area contributed by atoms with Crippen molar-refractivity contribution in [2.24, 2.45) is 5.92 Å². The van der Waals surface area contributed by atoms with Crippen LogP contribution in [0.2, 0.25) is 0 Å². The molecule has 30 heavy (non-hydrogen) atoms. The third-order valence-corrected chi connectivity index (χ3v) is 6.49. The second-order valence-corrected chi connectivity index (χ2v) is 8.91. The quantitative estimate of drug-likeness (QED) is 0.455. The van der Waals surface area contributed by atoms with Crippen LogP contribution in [0.1, 0.15) is 42.5 Å². The Morgan fingerprint density at radius 1 is 1.20 bits per heavy atom. The Hall–Kier alpha value is -2.97. The predicted octanol–water partition coefficient (Wildman–Crippen LogP) is 3.54. The van der Waals surface area contributed by atoms with E-state index in [4.69, 9.17) is 0 Å². The van der Waals surface area contributed by atoms with Crippen molar-refractivity contribution in [1.29, 1.82) is 0 Å². The predicted molar refractivity (Wildman–Crippen MR) is 118 cm³/mol. The molecule has 2 atom stereocenters. The van der Waals surface area contributed by atoms with E-state index in [1.165, 1.54) is 30.3 Å². The molecule has 1 amide bonds. The average molecular weight is 427 g/mol. The zero-order chi connectivity index (χ0) is 21.7. The molecule has 1 aromatic heterocycles. The molecule has 2 unspecified atom stereocenters. The first-order chi connectivity index (χ1) is 14.4. The molecule has 0 saturated heterocycles. The number of rotatable bonds is 9. The van der Waals surface area contributed by atoms with Crippen LogP contribution in [-0.2, 0) is 10.0 Å². The van der Waals surface area contributed by atoms with Crippen LogP contribution in [0, 0.1) is 5.92 Å². The summed E-state index contributed by atoms with van der Waals surface area (Å²) in [5.41, 5.74) is 2.13. The number of nitrogens with zero attached hydrogens (tertiary/aromatic N) is 1. The Kier molecular flexibility index (Phi) is 6.69. The average Bonchev–Trinajstić information content (AvgIpc) is 3.19. The van der Waals surface area contributed by atoms with Gasteiger partial charge in [-0.15, -0.1) is 6.58 Å². The van der Waals surface area contributed by atoms with E-state index in [1.807, 2.05) is 24.3 Å². The van der Waals surface area contributed by atoms with Gasteiger partial charge in [0, 0.05) is 12.1 Å². The number of benzene rings is 2. The summed E-state index contributed by atoms with van der Waals surface area (Å²) in [7, 11) is -3.63. The summed E-state index contributed by atoms with van der Waals surface area (Å²) >= 11 is 0. The van der Waals surface area contributed by atoms with Gasteiger partial charge in [0.1, 0.15) is 5.82 Å². The van der Waals surface area contributed by atoms with Gasteiger partial charge in [-0.3, -0.25) is 4.79 Å². The minimum absolute atomic E-state index is 0.0941. The number of carbonyl (C=O) groups is 1. The first kappa shape index (κ1) is 21.7. The van der Waals surface area contributed by atoms with Crippen molar-refractivity contribution in [1.82, 2.24) is 20.0 Å². The van der Waals surface area contributed by atoms with Gasteiger partial charge in [0.2, 0.25) is 10.0 Å². The Labute approximate surface area is 176 Å². The lowest BCUT2D eigenvalue weighted by Crippen LogP contribution is -2.33. The topological polar surface area (TPSA) is 104 Å². The first-order valence-electron chi connectivity index (χ1n) is 9.82. The van der Waals surface area contributed by atoms with Crippen LogP contribution in [0.3, 0.4) is 0 Å². The molecule has 0 fully saturated rings. The molecule has 3 N–H and O–H groups in total. The molecule has 0 aliphatic heterocycles. The van der Waals surface area contributed by atoms with Crippen LogP contribution in [0.5, 0.6) is 0 Å². The summed E-state index contributed by atoms with van der Waals surface area (Å²) in [6, 6.07) is 13.3. The van der Waals surface area contributed by atoms with E-state index in [2.05, 4.69) is 40.4 Å². The number of sulfonamides is 1. The van der Waals surface area contributed by atoms with Crippen molar-refractivity contribution in [2.45, 2.75) is 31.2 Å². The van der Waals surface area contributed by atoms with Crippen molar-refractivity contribution < 1.29 is 13.2 Å². The highest BCUT2D eigenvalue weighted by Crippen LogP contribution is 2.25. The second-order valence-electron chi connectivity index (χ2n) is 7.14. The number of para-hydroxylation sites is 2. The highest BCUT2D eigenvalue weighted by atomic mass is 32.2. The Morgan fingerprint density at radius 2 is 1.90 bits per heavy atom. The van der Waals surface area contributed by atoms with Crippen molar-refractivity contribution >= 4 is 27.0 Å². The first-order valence-corrected chi connectivity index (χ1v) is 11.3. The maximum absolute atomic E-state index is 12.9. The van der Waals surface area contributed by atoms with E-state index in [0.29, 0.717) is 11.4 Å². The van der Waals surface area contributed by atoms with Gasteiger partial charge in [-0.2, -0.15) is 0 Å². The van der Waals surface area contributed by atoms with Gasteiger partial charge in [-0.05, 0) is 42.3 Å². The monoisotopic (exact) mass is 426 g/mol. The van der Waals surface area contributed by atoms with Crippen molar-refractivity contribution in [2.75, 3.05) is 6.54 Å². The lowest BCUT2D eigenvalue weighted by molar-refractivity contribution is 0.0920. The molecule has 1 heterocycles. The molecule has 0 aliphatic rings. The fourth-order valence-electron chi connectivity index (χ4n) is 3.10. The van der Waals surface area contributed by atoms with E-state index >= 15 is 0 Å². The summed E-state index contributed by atoms with van der Waals surface area (Å²) in [6.45, 7) is 7.74. The Balaban J connectivity index is 1.81. The van der Waals surface area contributed by atoms with Crippen LogP contribution >= 0.6 is 0 Å². The van der Waals surface area contributed by atoms with Crippen LogP contribution in [0.25, 0.3) is 11.0 Å². The number of H-pyrrole nitrogens is 1. The molecule has 3 rings (SSSR count). The molecule has 0 bridgehead atoms. The molecule has 8 heteroatoms. The van der Waals surface area contributed by atoms with Gasteiger partial charge in [-0.25, -0.2) is 18.1 Å². The van der Waals surface area contributed by atoms with Crippen molar-refractivity contribution in [3.63, 3.8) is 0 Å². The van der Waals surface area contributed by atoms with Gasteiger partial charge in [0.25, 0.3) is 5.91 Å². The molecule has 158 valence electrons. The van der Waals surface area contributed by atoms with Gasteiger partial charge in [0.15, 0.2) is 0 Å². The van der Waals surface area contributed by atoms with E-state index in [-0.39, 0.29) is 29.3 Å². The minimum atomic E-state index is -3.63. The Bertz CT molecular complexity index is 1100. The standard InChI is InChI=1S/C22H26N4O3S/c1-4-14-23-30(28,29)17-12-10-16(11-13-17)22(27)26-20(15(3)5-2)21-24-18-8-6-7-9-19(18)25-21/h4,6-13,15,20,23H,1,5,14H2,2-3H3,(H,24,25)(H,26,27). The zero-order valence-corrected chi connectivity index (χ0v) is 17.9. The molecular formula is C22H26N4O3S. The number of carbonyl (C=O) groups excluding carboxylic acids is 1. The van der Waals surface area contributed by atoms with Gasteiger partial charge >= 0.3 is 0 Å². The molecule has 0 spiro atoms. The number of aromatic nitrogens is 2. The molecular weight excluding hydrogens is 400 g/mol. The summed E-state index contributed by atoms with van der Waals surface area (Å²) in [5.74, 6) is 0.563. The van der Waals surface area contributed by atoms with E-state index in [1.54, 1.807) is 0 Å². The fourth-order valence-corrected chi connectivity index (χ4v) is 4.10. The number of aromatic amines is 1. The molecule has 0 saturated carbocycles. The lowest BCUT2D eigenvalue weighted by Gasteiger charge is -2.22. The number of amides is 1. The van der Waals surface area contributed by atoms with E-state index in [9.17, 15) is 13.2 Å². The number of imidazole rings is 1. The summed E-state index contributed by atoms with van der Waals surface area (Å²) in [6.07, 6.45) is 2.32. The normalized spacial score (nSPS) is 13.7. The number of fused-ring (bicyclic) bond motifs is 1. The lowest BCUT2D eigenvalue weighted by atomic mass is 9.98. The molecule has 2 aromatic carbocycles. The van der Waals surface area contributed by atoms with Crippen molar-refractivity contribution in [3.05, 3.63) is 72.6 Å². The van der Waals surface area contributed by atoms with E-state index in [0.717, 1.165) is 17.5 Å². The molecule has 7 nitrogen and oxygen atoms in total.